The molecule has 1 heterocycles. The van der Waals surface area contributed by atoms with Crippen LogP contribution in [0.4, 0.5) is 11.4 Å². The molecule has 0 aromatic heterocycles. The number of hydrogen-bond donors (Lipinski definition) is 3. The highest BCUT2D eigenvalue weighted by Gasteiger charge is 2.29. The summed E-state index contributed by atoms with van der Waals surface area (Å²) < 4.78 is 25.2. The van der Waals surface area contributed by atoms with Crippen molar-refractivity contribution in [2.24, 2.45) is 11.7 Å². The van der Waals surface area contributed by atoms with Gasteiger partial charge in [-0.2, -0.15) is 0 Å². The summed E-state index contributed by atoms with van der Waals surface area (Å²) in [6.45, 7) is 4.21. The van der Waals surface area contributed by atoms with E-state index in [0.29, 0.717) is 18.7 Å². The Labute approximate surface area is 148 Å². The SMILES string of the molecule is CCC(C)C(N)C(=O)Nc1cc(N2CCCS2(=O)=O)ccc1O.Cl. The minimum Gasteiger partial charge on any atom is -0.506 e. The number of sulfonamides is 1. The van der Waals surface area contributed by atoms with Crippen LogP contribution >= 0.6 is 12.4 Å². The molecule has 1 aromatic carbocycles. The average molecular weight is 378 g/mol. The first-order chi connectivity index (χ1) is 10.8. The molecule has 9 heteroatoms. The van der Waals surface area contributed by atoms with Crippen molar-refractivity contribution in [1.82, 2.24) is 0 Å². The quantitative estimate of drug-likeness (QED) is 0.675. The number of halogens is 1. The van der Waals surface area contributed by atoms with Gasteiger partial charge in [-0.1, -0.05) is 20.3 Å². The Morgan fingerprint density at radius 2 is 2.12 bits per heavy atom. The van der Waals surface area contributed by atoms with E-state index in [-0.39, 0.29) is 35.5 Å². The van der Waals surface area contributed by atoms with Crippen LogP contribution in [0.5, 0.6) is 5.75 Å². The zero-order valence-corrected chi connectivity index (χ0v) is 15.4. The number of hydrogen-bond acceptors (Lipinski definition) is 5. The summed E-state index contributed by atoms with van der Waals surface area (Å²) >= 11 is 0. The average Bonchev–Trinajstić information content (AvgIpc) is 2.87. The van der Waals surface area contributed by atoms with Crippen LogP contribution in [-0.4, -0.2) is 37.8 Å². The molecule has 2 rings (SSSR count). The second-order valence-electron chi connectivity index (χ2n) is 5.84. The molecule has 1 aromatic rings. The third-order valence-electron chi connectivity index (χ3n) is 4.19. The maximum absolute atomic E-state index is 12.1. The largest absolute Gasteiger partial charge is 0.506 e. The van der Waals surface area contributed by atoms with Crippen LogP contribution in [0.1, 0.15) is 26.7 Å². The van der Waals surface area contributed by atoms with Crippen LogP contribution in [0.15, 0.2) is 18.2 Å². The number of nitrogens with zero attached hydrogens (tertiary/aromatic N) is 1. The molecule has 0 bridgehead atoms. The van der Waals surface area contributed by atoms with E-state index in [4.69, 9.17) is 5.73 Å². The second-order valence-corrected chi connectivity index (χ2v) is 7.86. The molecule has 0 spiro atoms. The van der Waals surface area contributed by atoms with Gasteiger partial charge in [-0.15, -0.1) is 12.4 Å². The first-order valence-electron chi connectivity index (χ1n) is 7.66. The van der Waals surface area contributed by atoms with Crippen LogP contribution in [-0.2, 0) is 14.8 Å². The molecule has 2 atom stereocenters. The van der Waals surface area contributed by atoms with Crippen molar-refractivity contribution >= 4 is 39.7 Å². The fraction of sp³-hybridized carbons (Fsp3) is 0.533. The molecule has 24 heavy (non-hydrogen) atoms. The van der Waals surface area contributed by atoms with E-state index >= 15 is 0 Å². The standard InChI is InChI=1S/C15H23N3O4S.ClH/c1-3-10(2)14(16)15(20)17-12-9-11(5-6-13(12)19)18-7-4-8-23(18,21)22;/h5-6,9-10,14,19H,3-4,7-8,16H2,1-2H3,(H,17,20);1H. The van der Waals surface area contributed by atoms with Crippen molar-refractivity contribution in [1.29, 1.82) is 0 Å². The van der Waals surface area contributed by atoms with Gasteiger partial charge >= 0.3 is 0 Å². The van der Waals surface area contributed by atoms with Gasteiger partial charge in [0.05, 0.1) is 23.2 Å². The monoisotopic (exact) mass is 377 g/mol. The minimum absolute atomic E-state index is 0. The Morgan fingerprint density at radius 1 is 1.46 bits per heavy atom. The highest BCUT2D eigenvalue weighted by Crippen LogP contribution is 2.32. The molecule has 0 aliphatic carbocycles. The van der Waals surface area contributed by atoms with E-state index in [1.807, 2.05) is 13.8 Å². The Kier molecular flexibility index (Phi) is 6.88. The van der Waals surface area contributed by atoms with E-state index in [9.17, 15) is 18.3 Å². The summed E-state index contributed by atoms with van der Waals surface area (Å²) in [5, 5.41) is 12.5. The number of phenols is 1. The number of rotatable bonds is 5. The summed E-state index contributed by atoms with van der Waals surface area (Å²) in [4.78, 5) is 12.1. The Morgan fingerprint density at radius 3 is 2.67 bits per heavy atom. The molecule has 4 N–H and O–H groups in total. The lowest BCUT2D eigenvalue weighted by Crippen LogP contribution is -2.40. The van der Waals surface area contributed by atoms with Crippen molar-refractivity contribution < 1.29 is 18.3 Å². The van der Waals surface area contributed by atoms with Gasteiger partial charge in [0.25, 0.3) is 0 Å². The first kappa shape index (κ1) is 20.5. The summed E-state index contributed by atoms with van der Waals surface area (Å²) in [6, 6.07) is 3.65. The topological polar surface area (TPSA) is 113 Å². The van der Waals surface area contributed by atoms with Gasteiger partial charge in [0, 0.05) is 6.54 Å². The van der Waals surface area contributed by atoms with Crippen LogP contribution in [0.2, 0.25) is 0 Å². The van der Waals surface area contributed by atoms with Crippen molar-refractivity contribution in [3.63, 3.8) is 0 Å². The Balaban J connectivity index is 0.00000288. The maximum atomic E-state index is 12.1. The highest BCUT2D eigenvalue weighted by molar-refractivity contribution is 7.93. The van der Waals surface area contributed by atoms with Crippen LogP contribution in [0.3, 0.4) is 0 Å². The van der Waals surface area contributed by atoms with Crippen molar-refractivity contribution in [3.8, 4) is 5.75 Å². The van der Waals surface area contributed by atoms with Gasteiger partial charge in [-0.3, -0.25) is 9.10 Å². The van der Waals surface area contributed by atoms with Gasteiger partial charge < -0.3 is 16.2 Å². The van der Waals surface area contributed by atoms with Crippen molar-refractivity contribution in [2.45, 2.75) is 32.7 Å². The number of aromatic hydroxyl groups is 1. The zero-order valence-electron chi connectivity index (χ0n) is 13.7. The number of amides is 1. The predicted octanol–water partition coefficient (Wildman–Crippen LogP) is 1.67. The molecule has 136 valence electrons. The lowest BCUT2D eigenvalue weighted by molar-refractivity contribution is -0.118. The van der Waals surface area contributed by atoms with Gasteiger partial charge in [0.1, 0.15) is 5.75 Å². The molecular weight excluding hydrogens is 354 g/mol. The summed E-state index contributed by atoms with van der Waals surface area (Å²) in [5.41, 5.74) is 6.46. The fourth-order valence-electron chi connectivity index (χ4n) is 2.44. The van der Waals surface area contributed by atoms with Crippen LogP contribution in [0, 0.1) is 5.92 Å². The Bertz CT molecular complexity index is 696. The molecule has 2 unspecified atom stereocenters. The smallest absolute Gasteiger partial charge is 0.241 e. The highest BCUT2D eigenvalue weighted by atomic mass is 35.5. The lowest BCUT2D eigenvalue weighted by atomic mass is 9.99. The number of anilines is 2. The Hall–Kier alpha value is -1.51. The van der Waals surface area contributed by atoms with E-state index in [1.165, 1.54) is 22.5 Å². The molecule has 1 fully saturated rings. The third kappa shape index (κ3) is 4.31. The number of carbonyl (C=O) groups excluding carboxylic acids is 1. The van der Waals surface area contributed by atoms with Crippen LogP contribution in [0.25, 0.3) is 0 Å². The van der Waals surface area contributed by atoms with E-state index in [0.717, 1.165) is 6.42 Å². The number of carbonyl (C=O) groups is 1. The van der Waals surface area contributed by atoms with E-state index in [1.54, 1.807) is 0 Å². The van der Waals surface area contributed by atoms with Crippen LogP contribution < -0.4 is 15.4 Å². The molecule has 1 aliphatic heterocycles. The predicted molar refractivity (Wildman–Crippen MR) is 97.2 cm³/mol. The fourth-order valence-corrected chi connectivity index (χ4v) is 3.99. The lowest BCUT2D eigenvalue weighted by Gasteiger charge is -2.20. The molecular formula is C15H24ClN3O4S. The van der Waals surface area contributed by atoms with Gasteiger partial charge in [-0.25, -0.2) is 8.42 Å². The molecule has 1 saturated heterocycles. The van der Waals surface area contributed by atoms with E-state index in [2.05, 4.69) is 5.32 Å². The number of nitrogens with one attached hydrogen (secondary N) is 1. The first-order valence-corrected chi connectivity index (χ1v) is 9.27. The van der Waals surface area contributed by atoms with Gasteiger partial charge in [0.2, 0.25) is 15.9 Å². The zero-order chi connectivity index (χ0) is 17.2. The second kappa shape index (κ2) is 8.04. The summed E-state index contributed by atoms with van der Waals surface area (Å²) in [6.07, 6.45) is 1.32. The minimum atomic E-state index is -3.32. The summed E-state index contributed by atoms with van der Waals surface area (Å²) in [5.74, 6) is -0.431. The van der Waals surface area contributed by atoms with Crippen molar-refractivity contribution in [3.05, 3.63) is 18.2 Å². The van der Waals surface area contributed by atoms with Gasteiger partial charge in [0.15, 0.2) is 0 Å². The number of benzene rings is 1. The molecule has 0 saturated carbocycles. The van der Waals surface area contributed by atoms with E-state index < -0.39 is 22.0 Å². The molecule has 7 nitrogen and oxygen atoms in total. The third-order valence-corrected chi connectivity index (χ3v) is 6.05. The van der Waals surface area contributed by atoms with Gasteiger partial charge in [-0.05, 0) is 30.5 Å². The molecule has 1 aliphatic rings. The van der Waals surface area contributed by atoms with Crippen molar-refractivity contribution in [2.75, 3.05) is 21.9 Å². The number of nitrogens with two attached hydrogens (primary N) is 1. The number of phenolic OH excluding ortho intramolecular Hbond substituents is 1. The molecule has 1 amide bonds. The molecule has 0 radical (unpaired) electrons. The summed E-state index contributed by atoms with van der Waals surface area (Å²) in [7, 11) is -3.32. The maximum Gasteiger partial charge on any atom is 0.241 e. The normalized spacial score (nSPS) is 18.5.